The van der Waals surface area contributed by atoms with Crippen LogP contribution in [0.3, 0.4) is 0 Å². The summed E-state index contributed by atoms with van der Waals surface area (Å²) in [6.45, 7) is 6.48. The van der Waals surface area contributed by atoms with Crippen molar-refractivity contribution < 1.29 is 28.6 Å². The molecule has 0 N–H and O–H groups in total. The van der Waals surface area contributed by atoms with E-state index >= 15 is 0 Å². The lowest BCUT2D eigenvalue weighted by molar-refractivity contribution is -0.167. The molecule has 1 unspecified atom stereocenters. The van der Waals surface area contributed by atoms with E-state index in [2.05, 4.69) is 69.4 Å². The van der Waals surface area contributed by atoms with Gasteiger partial charge in [-0.25, -0.2) is 0 Å². The fourth-order valence-corrected chi connectivity index (χ4v) is 8.14. The largest absolute Gasteiger partial charge is 0.462 e. The molecule has 1 atom stereocenters. The highest BCUT2D eigenvalue weighted by Crippen LogP contribution is 2.17. The van der Waals surface area contributed by atoms with E-state index in [1.54, 1.807) is 0 Å². The van der Waals surface area contributed by atoms with Crippen LogP contribution in [0, 0.1) is 0 Å². The summed E-state index contributed by atoms with van der Waals surface area (Å²) < 4.78 is 16.7. The quantitative estimate of drug-likeness (QED) is 0.0262. The third kappa shape index (κ3) is 52.2. The summed E-state index contributed by atoms with van der Waals surface area (Å²) >= 11 is 0. The average molecular weight is 911 g/mol. The van der Waals surface area contributed by atoms with Gasteiger partial charge in [-0.15, -0.1) is 0 Å². The molecule has 378 valence electrons. The van der Waals surface area contributed by atoms with Crippen LogP contribution >= 0.6 is 0 Å². The van der Waals surface area contributed by atoms with Gasteiger partial charge < -0.3 is 14.2 Å². The molecule has 0 saturated heterocycles. The van der Waals surface area contributed by atoms with Crippen molar-refractivity contribution in [3.63, 3.8) is 0 Å². The first-order valence-electron chi connectivity index (χ1n) is 28.1. The Morgan fingerprint density at radius 1 is 0.323 bits per heavy atom. The Morgan fingerprint density at radius 2 is 0.600 bits per heavy atom. The Hall–Kier alpha value is -2.63. The molecule has 0 radical (unpaired) electrons. The molecular weight excluding hydrogens is 805 g/mol. The van der Waals surface area contributed by atoms with E-state index in [0.717, 1.165) is 96.3 Å². The van der Waals surface area contributed by atoms with Crippen molar-refractivity contribution in [1.82, 2.24) is 0 Å². The van der Waals surface area contributed by atoms with Crippen LogP contribution in [-0.2, 0) is 28.6 Å². The molecule has 0 aliphatic rings. The van der Waals surface area contributed by atoms with Gasteiger partial charge in [-0.3, -0.25) is 14.4 Å². The van der Waals surface area contributed by atoms with Crippen LogP contribution in [0.4, 0.5) is 0 Å². The Kier molecular flexibility index (Phi) is 51.8. The molecule has 65 heavy (non-hydrogen) atoms. The van der Waals surface area contributed by atoms with Crippen LogP contribution in [0.15, 0.2) is 48.6 Å². The predicted molar refractivity (Wildman–Crippen MR) is 279 cm³/mol. The van der Waals surface area contributed by atoms with E-state index in [1.165, 1.54) is 154 Å². The number of esters is 3. The lowest BCUT2D eigenvalue weighted by Gasteiger charge is -2.18. The molecule has 0 aliphatic heterocycles. The van der Waals surface area contributed by atoms with Crippen LogP contribution in [0.5, 0.6) is 0 Å². The maximum Gasteiger partial charge on any atom is 0.306 e. The summed E-state index contributed by atoms with van der Waals surface area (Å²) in [7, 11) is 0. The number of hydrogen-bond acceptors (Lipinski definition) is 6. The van der Waals surface area contributed by atoms with Crippen molar-refractivity contribution in [2.45, 2.75) is 297 Å². The zero-order valence-electron chi connectivity index (χ0n) is 43.3. The standard InChI is InChI=1S/C59H106O6/c1-4-7-10-13-16-18-20-22-24-26-27-28-29-30-31-32-34-35-37-39-41-43-46-49-52-58(61)64-55-56(54-63-57(60)51-48-45-15-12-9-6-3)65-59(62)53-50-47-44-42-40-38-36-33-25-23-21-19-17-14-11-8-5-2/h8,11,17,19,23,25,36,38,56H,4-7,9-10,12-16,18,20-22,24,26-35,37,39-55H2,1-3H3/b11-8-,19-17-,25-23-,38-36-. The van der Waals surface area contributed by atoms with E-state index in [4.69, 9.17) is 14.2 Å². The monoisotopic (exact) mass is 911 g/mol. The molecule has 0 aromatic heterocycles. The number of ether oxygens (including phenoxy) is 3. The van der Waals surface area contributed by atoms with Crippen molar-refractivity contribution in [2.24, 2.45) is 0 Å². The molecule has 0 aromatic carbocycles. The smallest absolute Gasteiger partial charge is 0.306 e. The summed E-state index contributed by atoms with van der Waals surface area (Å²) in [6.07, 6.45) is 65.7. The van der Waals surface area contributed by atoms with Gasteiger partial charge in [-0.2, -0.15) is 0 Å². The Morgan fingerprint density at radius 3 is 0.938 bits per heavy atom. The summed E-state index contributed by atoms with van der Waals surface area (Å²) in [6, 6.07) is 0. The van der Waals surface area contributed by atoms with Gasteiger partial charge in [0, 0.05) is 19.3 Å². The SMILES string of the molecule is CC/C=C\C/C=C\C/C=C\C/C=C\CCCCCCC(=O)OC(COC(=O)CCCCCCCC)COC(=O)CCCCCCCCCCCCCCCCCCCCCCCCCC. The number of hydrogen-bond donors (Lipinski definition) is 0. The fraction of sp³-hybridized carbons (Fsp3) is 0.814. The number of carbonyl (C=O) groups is 3. The summed E-state index contributed by atoms with van der Waals surface area (Å²) in [5, 5.41) is 0. The predicted octanol–water partition coefficient (Wildman–Crippen LogP) is 18.7. The minimum Gasteiger partial charge on any atom is -0.462 e. The lowest BCUT2D eigenvalue weighted by Crippen LogP contribution is -2.30. The summed E-state index contributed by atoms with van der Waals surface area (Å²) in [5.41, 5.74) is 0. The molecule has 6 nitrogen and oxygen atoms in total. The first kappa shape index (κ1) is 62.4. The lowest BCUT2D eigenvalue weighted by atomic mass is 10.0. The van der Waals surface area contributed by atoms with Gasteiger partial charge in [0.05, 0.1) is 0 Å². The van der Waals surface area contributed by atoms with Crippen molar-refractivity contribution in [1.29, 1.82) is 0 Å². The number of carbonyl (C=O) groups excluding carboxylic acids is 3. The van der Waals surface area contributed by atoms with E-state index < -0.39 is 6.10 Å². The number of rotatable bonds is 51. The molecule has 0 amide bonds. The highest BCUT2D eigenvalue weighted by Gasteiger charge is 2.19. The van der Waals surface area contributed by atoms with E-state index in [1.807, 2.05) is 0 Å². The third-order valence-electron chi connectivity index (χ3n) is 12.3. The Labute approximate surface area is 403 Å². The molecule has 6 heteroatoms. The second-order valence-electron chi connectivity index (χ2n) is 18.8. The van der Waals surface area contributed by atoms with Crippen molar-refractivity contribution in [3.05, 3.63) is 48.6 Å². The average Bonchev–Trinajstić information content (AvgIpc) is 3.30. The van der Waals surface area contributed by atoms with Gasteiger partial charge in [-0.1, -0.05) is 262 Å². The summed E-state index contributed by atoms with van der Waals surface area (Å²) in [4.78, 5) is 37.8. The second kappa shape index (κ2) is 54.0. The Balaban J connectivity index is 4.12. The molecular formula is C59H106O6. The van der Waals surface area contributed by atoms with Gasteiger partial charge in [-0.05, 0) is 57.8 Å². The maximum absolute atomic E-state index is 12.8. The zero-order chi connectivity index (χ0) is 47.2. The van der Waals surface area contributed by atoms with Crippen LogP contribution in [-0.4, -0.2) is 37.2 Å². The Bertz CT molecular complexity index is 1140. The minimum absolute atomic E-state index is 0.0802. The second-order valence-corrected chi connectivity index (χ2v) is 18.8. The van der Waals surface area contributed by atoms with Crippen LogP contribution in [0.1, 0.15) is 290 Å². The van der Waals surface area contributed by atoms with E-state index in [0.29, 0.717) is 19.3 Å². The van der Waals surface area contributed by atoms with E-state index in [-0.39, 0.29) is 31.1 Å². The topological polar surface area (TPSA) is 78.9 Å². The molecule has 0 heterocycles. The van der Waals surface area contributed by atoms with Gasteiger partial charge >= 0.3 is 17.9 Å². The fourth-order valence-electron chi connectivity index (χ4n) is 8.14. The molecule has 0 bridgehead atoms. The van der Waals surface area contributed by atoms with Gasteiger partial charge in [0.25, 0.3) is 0 Å². The molecule has 0 aliphatic carbocycles. The van der Waals surface area contributed by atoms with Crippen LogP contribution < -0.4 is 0 Å². The van der Waals surface area contributed by atoms with Crippen molar-refractivity contribution in [3.8, 4) is 0 Å². The minimum atomic E-state index is -0.780. The zero-order valence-corrected chi connectivity index (χ0v) is 43.3. The highest BCUT2D eigenvalue weighted by atomic mass is 16.6. The van der Waals surface area contributed by atoms with Crippen LogP contribution in [0.25, 0.3) is 0 Å². The van der Waals surface area contributed by atoms with Gasteiger partial charge in [0.15, 0.2) is 6.10 Å². The first-order valence-corrected chi connectivity index (χ1v) is 28.1. The van der Waals surface area contributed by atoms with Crippen molar-refractivity contribution in [2.75, 3.05) is 13.2 Å². The third-order valence-corrected chi connectivity index (χ3v) is 12.3. The molecule has 0 rings (SSSR count). The first-order chi connectivity index (χ1) is 32.0. The molecule has 0 saturated carbocycles. The highest BCUT2D eigenvalue weighted by molar-refractivity contribution is 5.71. The molecule has 0 spiro atoms. The van der Waals surface area contributed by atoms with Crippen molar-refractivity contribution >= 4 is 17.9 Å². The number of allylic oxidation sites excluding steroid dienone is 8. The van der Waals surface area contributed by atoms with Crippen LogP contribution in [0.2, 0.25) is 0 Å². The number of unbranched alkanes of at least 4 members (excludes halogenated alkanes) is 32. The molecule has 0 aromatic rings. The van der Waals surface area contributed by atoms with Gasteiger partial charge in [0.2, 0.25) is 0 Å². The van der Waals surface area contributed by atoms with Gasteiger partial charge in [0.1, 0.15) is 13.2 Å². The van der Waals surface area contributed by atoms with E-state index in [9.17, 15) is 14.4 Å². The summed E-state index contributed by atoms with van der Waals surface area (Å²) in [5.74, 6) is -0.903. The normalized spacial score (nSPS) is 12.4. The molecule has 0 fully saturated rings. The maximum atomic E-state index is 12.8.